The van der Waals surface area contributed by atoms with Gasteiger partial charge < -0.3 is 25.2 Å². The summed E-state index contributed by atoms with van der Waals surface area (Å²) in [4.78, 5) is 35.5. The van der Waals surface area contributed by atoms with Crippen molar-refractivity contribution in [3.8, 4) is 16.2 Å². The van der Waals surface area contributed by atoms with Gasteiger partial charge >= 0.3 is 18.0 Å². The maximum absolute atomic E-state index is 11.7. The largest absolute Gasteiger partial charge is 0.479 e. The smallest absolute Gasteiger partial charge is 0.349 e. The normalized spacial score (nSPS) is 10.6. The van der Waals surface area contributed by atoms with Crippen molar-refractivity contribution in [3.05, 3.63) is 39.2 Å². The maximum atomic E-state index is 11.7. The Labute approximate surface area is 186 Å². The molecule has 0 fully saturated rings. The number of carbonyl (C=O) groups excluding carboxylic acids is 2. The van der Waals surface area contributed by atoms with Crippen LogP contribution in [0.25, 0.3) is 10.4 Å². The highest BCUT2D eigenvalue weighted by Gasteiger charge is 2.24. The van der Waals surface area contributed by atoms with Crippen LogP contribution in [-0.4, -0.2) is 42.3 Å². The van der Waals surface area contributed by atoms with Crippen molar-refractivity contribution < 1.29 is 29.0 Å². The molecule has 2 aromatic rings. The van der Waals surface area contributed by atoms with Crippen molar-refractivity contribution in [1.82, 2.24) is 10.6 Å². The van der Waals surface area contributed by atoms with Crippen LogP contribution in [0.2, 0.25) is 0 Å². The fourth-order valence-corrected chi connectivity index (χ4v) is 4.35. The Morgan fingerprint density at radius 1 is 1.20 bits per heavy atom. The van der Waals surface area contributed by atoms with Gasteiger partial charge in [0.15, 0.2) is 17.2 Å². The van der Waals surface area contributed by atoms with Crippen LogP contribution in [0.1, 0.15) is 36.0 Å². The van der Waals surface area contributed by atoms with Gasteiger partial charge in [-0.25, -0.2) is 14.4 Å². The molecule has 0 aliphatic carbocycles. The minimum atomic E-state index is -1.15. The number of carboxylic acids is 1. The van der Waals surface area contributed by atoms with Crippen LogP contribution >= 0.6 is 27.3 Å². The minimum Gasteiger partial charge on any atom is -0.479 e. The summed E-state index contributed by atoms with van der Waals surface area (Å²) < 4.78 is 10.7. The molecule has 0 saturated carbocycles. The predicted octanol–water partition coefficient (Wildman–Crippen LogP) is 4.03. The van der Waals surface area contributed by atoms with E-state index in [1.807, 2.05) is 38.1 Å². The Kier molecular flexibility index (Phi) is 8.67. The average molecular weight is 499 g/mol. The highest BCUT2D eigenvalue weighted by atomic mass is 79.9. The second kappa shape index (κ2) is 11.0. The van der Waals surface area contributed by atoms with E-state index in [4.69, 9.17) is 9.47 Å². The van der Waals surface area contributed by atoms with Crippen molar-refractivity contribution in [2.45, 2.75) is 33.4 Å². The second-order valence-corrected chi connectivity index (χ2v) is 8.29. The molecule has 2 rings (SSSR count). The number of urea groups is 1. The van der Waals surface area contributed by atoms with Gasteiger partial charge in [-0.1, -0.05) is 24.3 Å². The zero-order valence-corrected chi connectivity index (χ0v) is 19.2. The third-order valence-corrected chi connectivity index (χ3v) is 5.96. The van der Waals surface area contributed by atoms with Gasteiger partial charge in [0, 0.05) is 12.6 Å². The zero-order valence-electron chi connectivity index (χ0n) is 16.8. The molecule has 3 N–H and O–H groups in total. The number of nitrogens with one attached hydrogen (secondary N) is 2. The molecule has 162 valence electrons. The molecule has 8 nitrogen and oxygen atoms in total. The fraction of sp³-hybridized carbons (Fsp3) is 0.350. The summed E-state index contributed by atoms with van der Waals surface area (Å²) in [5, 5.41) is 15.0. The topological polar surface area (TPSA) is 114 Å². The number of thiophene rings is 1. The first kappa shape index (κ1) is 23.7. The Morgan fingerprint density at radius 3 is 2.43 bits per heavy atom. The fourth-order valence-electron chi connectivity index (χ4n) is 2.45. The average Bonchev–Trinajstić information content (AvgIpc) is 3.01. The van der Waals surface area contributed by atoms with E-state index in [2.05, 4.69) is 26.6 Å². The number of ether oxygens (including phenoxy) is 2. The van der Waals surface area contributed by atoms with E-state index in [0.29, 0.717) is 15.9 Å². The van der Waals surface area contributed by atoms with Gasteiger partial charge in [-0.05, 0) is 47.8 Å². The maximum Gasteiger partial charge on any atom is 0.349 e. The molecule has 1 aromatic carbocycles. The van der Waals surface area contributed by atoms with Gasteiger partial charge in [-0.2, -0.15) is 0 Å². The van der Waals surface area contributed by atoms with Crippen LogP contribution in [0.3, 0.4) is 0 Å². The number of carbonyl (C=O) groups is 3. The van der Waals surface area contributed by atoms with E-state index in [-0.39, 0.29) is 35.9 Å². The van der Waals surface area contributed by atoms with E-state index >= 15 is 0 Å². The van der Waals surface area contributed by atoms with E-state index in [1.165, 1.54) is 0 Å². The second-order valence-electron chi connectivity index (χ2n) is 6.48. The number of hydrogen-bond acceptors (Lipinski definition) is 6. The molecule has 0 radical (unpaired) electrons. The van der Waals surface area contributed by atoms with Crippen LogP contribution in [0.15, 0.2) is 28.7 Å². The zero-order chi connectivity index (χ0) is 22.3. The van der Waals surface area contributed by atoms with Gasteiger partial charge in [0.1, 0.15) is 0 Å². The molecule has 10 heteroatoms. The summed E-state index contributed by atoms with van der Waals surface area (Å²) in [5.41, 5.74) is 1.67. The molecule has 0 aliphatic heterocycles. The summed E-state index contributed by atoms with van der Waals surface area (Å²) in [6.45, 7) is 5.62. The summed E-state index contributed by atoms with van der Waals surface area (Å²) in [6.07, 6.45) is 0. The number of aromatic carboxylic acids is 1. The first-order chi connectivity index (χ1) is 14.2. The SMILES string of the molecule is CCOC(=O)COc1c(C(=O)O)sc(-c2ccc(CNC(=O)NC(C)C)cc2)c1Br. The van der Waals surface area contributed by atoms with Crippen LogP contribution in [-0.2, 0) is 16.1 Å². The van der Waals surface area contributed by atoms with E-state index in [1.54, 1.807) is 6.92 Å². The molecule has 0 spiro atoms. The molecule has 0 saturated heterocycles. The number of benzene rings is 1. The van der Waals surface area contributed by atoms with Crippen LogP contribution in [0, 0.1) is 0 Å². The third kappa shape index (κ3) is 6.46. The Morgan fingerprint density at radius 2 is 1.87 bits per heavy atom. The molecular weight excluding hydrogens is 476 g/mol. The lowest BCUT2D eigenvalue weighted by atomic mass is 10.1. The lowest BCUT2D eigenvalue weighted by Crippen LogP contribution is -2.38. The highest BCUT2D eigenvalue weighted by molar-refractivity contribution is 9.10. The molecule has 0 bridgehead atoms. The van der Waals surface area contributed by atoms with Gasteiger partial charge in [-0.15, -0.1) is 11.3 Å². The minimum absolute atomic E-state index is 0.0164. The molecule has 1 aromatic heterocycles. The van der Waals surface area contributed by atoms with E-state index < -0.39 is 11.9 Å². The van der Waals surface area contributed by atoms with Crippen molar-refractivity contribution in [1.29, 1.82) is 0 Å². The quantitative estimate of drug-likeness (QED) is 0.449. The lowest BCUT2D eigenvalue weighted by molar-refractivity contribution is -0.145. The number of halogens is 1. The summed E-state index contributed by atoms with van der Waals surface area (Å²) in [7, 11) is 0. The molecule has 0 unspecified atom stereocenters. The van der Waals surface area contributed by atoms with Crippen LogP contribution in [0.5, 0.6) is 5.75 Å². The number of carboxylic acid groups (broad SMARTS) is 1. The standard InChI is InChI=1S/C20H23BrN2O6S/c1-4-28-14(24)10-29-16-15(21)17(30-18(16)19(25)26)13-7-5-12(6-8-13)9-22-20(27)23-11(2)3/h5-8,11H,4,9-10H2,1-3H3,(H,25,26)(H2,22,23,27). The molecule has 2 amide bonds. The Balaban J connectivity index is 2.16. The number of amides is 2. The first-order valence-corrected chi connectivity index (χ1v) is 10.8. The summed E-state index contributed by atoms with van der Waals surface area (Å²) in [6, 6.07) is 7.15. The Bertz CT molecular complexity index is 911. The van der Waals surface area contributed by atoms with Crippen molar-refractivity contribution in [2.24, 2.45) is 0 Å². The van der Waals surface area contributed by atoms with E-state index in [0.717, 1.165) is 22.5 Å². The van der Waals surface area contributed by atoms with Gasteiger partial charge in [0.05, 0.1) is 16.0 Å². The summed E-state index contributed by atoms with van der Waals surface area (Å²) >= 11 is 4.43. The summed E-state index contributed by atoms with van der Waals surface area (Å²) in [5.74, 6) is -1.64. The van der Waals surface area contributed by atoms with Gasteiger partial charge in [0.2, 0.25) is 0 Å². The first-order valence-electron chi connectivity index (χ1n) is 9.20. The molecule has 1 heterocycles. The van der Waals surface area contributed by atoms with Crippen LogP contribution < -0.4 is 15.4 Å². The number of esters is 1. The molecular formula is C20H23BrN2O6S. The monoisotopic (exact) mass is 498 g/mol. The molecule has 30 heavy (non-hydrogen) atoms. The molecule has 0 aliphatic rings. The van der Waals surface area contributed by atoms with E-state index in [9.17, 15) is 19.5 Å². The third-order valence-electron chi connectivity index (χ3n) is 3.73. The van der Waals surface area contributed by atoms with Gasteiger partial charge in [0.25, 0.3) is 0 Å². The highest BCUT2D eigenvalue weighted by Crippen LogP contribution is 2.45. The molecule has 0 atom stereocenters. The van der Waals surface area contributed by atoms with Crippen molar-refractivity contribution in [3.63, 3.8) is 0 Å². The van der Waals surface area contributed by atoms with Crippen molar-refractivity contribution >= 4 is 45.2 Å². The number of hydrogen-bond donors (Lipinski definition) is 3. The van der Waals surface area contributed by atoms with Gasteiger partial charge in [-0.3, -0.25) is 0 Å². The van der Waals surface area contributed by atoms with Crippen LogP contribution in [0.4, 0.5) is 4.79 Å². The lowest BCUT2D eigenvalue weighted by Gasteiger charge is -2.10. The predicted molar refractivity (Wildman–Crippen MR) is 117 cm³/mol. The van der Waals surface area contributed by atoms with Crippen molar-refractivity contribution in [2.75, 3.05) is 13.2 Å². The Hall–Kier alpha value is -2.59. The number of rotatable bonds is 9.